The van der Waals surface area contributed by atoms with Gasteiger partial charge in [0.25, 0.3) is 0 Å². The normalized spacial score (nSPS) is 16.2. The maximum absolute atomic E-state index is 11.6. The van der Waals surface area contributed by atoms with Crippen LogP contribution in [0.1, 0.15) is 17.7 Å². The number of ketones is 1. The SMILES string of the molecule is O=C1CCN(C(=O)OCc2cccs2)CC1. The maximum atomic E-state index is 11.6. The van der Waals surface area contributed by atoms with Crippen molar-refractivity contribution in [2.24, 2.45) is 0 Å². The lowest BCUT2D eigenvalue weighted by atomic mass is 10.1. The van der Waals surface area contributed by atoms with Crippen LogP contribution in [0, 0.1) is 0 Å². The third-order valence-corrected chi connectivity index (χ3v) is 3.35. The highest BCUT2D eigenvalue weighted by molar-refractivity contribution is 7.09. The number of Topliss-reactive ketones (excluding diaryl/α,β-unsaturated/α-hetero) is 1. The second-order valence-corrected chi connectivity index (χ2v) is 4.69. The molecule has 1 aliphatic rings. The van der Waals surface area contributed by atoms with Crippen molar-refractivity contribution in [3.05, 3.63) is 22.4 Å². The lowest BCUT2D eigenvalue weighted by Crippen LogP contribution is -2.38. The van der Waals surface area contributed by atoms with Gasteiger partial charge in [-0.25, -0.2) is 4.79 Å². The van der Waals surface area contributed by atoms with E-state index in [1.54, 1.807) is 16.2 Å². The average molecular weight is 239 g/mol. The molecule has 4 nitrogen and oxygen atoms in total. The number of hydrogen-bond acceptors (Lipinski definition) is 4. The minimum Gasteiger partial charge on any atom is -0.444 e. The van der Waals surface area contributed by atoms with Crippen LogP contribution in [0.25, 0.3) is 0 Å². The molecule has 5 heteroatoms. The second-order valence-electron chi connectivity index (χ2n) is 3.66. The molecule has 1 fully saturated rings. The number of hydrogen-bond donors (Lipinski definition) is 0. The summed E-state index contributed by atoms with van der Waals surface area (Å²) in [5.74, 6) is 0.224. The van der Waals surface area contributed by atoms with E-state index in [1.807, 2.05) is 17.5 Å². The molecular weight excluding hydrogens is 226 g/mol. The molecule has 1 aromatic heterocycles. The summed E-state index contributed by atoms with van der Waals surface area (Å²) in [6.07, 6.45) is 0.586. The molecule has 1 aliphatic heterocycles. The van der Waals surface area contributed by atoms with Crippen LogP contribution < -0.4 is 0 Å². The third-order valence-electron chi connectivity index (χ3n) is 2.50. The monoisotopic (exact) mass is 239 g/mol. The first-order chi connectivity index (χ1) is 7.75. The predicted octanol–water partition coefficient (Wildman–Crippen LogP) is 2.05. The summed E-state index contributed by atoms with van der Waals surface area (Å²) >= 11 is 1.56. The summed E-state index contributed by atoms with van der Waals surface area (Å²) in [6.45, 7) is 1.30. The van der Waals surface area contributed by atoms with Crippen LogP contribution in [0.4, 0.5) is 4.79 Å². The standard InChI is InChI=1S/C11H13NO3S/c13-9-3-5-12(6-4-9)11(14)15-8-10-2-1-7-16-10/h1-2,7H,3-6,8H2. The second kappa shape index (κ2) is 5.12. The lowest BCUT2D eigenvalue weighted by Gasteiger charge is -2.24. The topological polar surface area (TPSA) is 46.6 Å². The molecule has 1 aromatic rings. The Kier molecular flexibility index (Phi) is 3.56. The molecule has 16 heavy (non-hydrogen) atoms. The highest BCUT2D eigenvalue weighted by atomic mass is 32.1. The minimum atomic E-state index is -0.319. The third kappa shape index (κ3) is 2.82. The van der Waals surface area contributed by atoms with E-state index in [-0.39, 0.29) is 11.9 Å². The van der Waals surface area contributed by atoms with Crippen molar-refractivity contribution in [3.63, 3.8) is 0 Å². The van der Waals surface area contributed by atoms with Crippen molar-refractivity contribution < 1.29 is 14.3 Å². The van der Waals surface area contributed by atoms with Gasteiger partial charge in [-0.1, -0.05) is 6.07 Å². The Labute approximate surface area is 97.8 Å². The van der Waals surface area contributed by atoms with Gasteiger partial charge >= 0.3 is 6.09 Å². The van der Waals surface area contributed by atoms with Crippen LogP contribution in [0.2, 0.25) is 0 Å². The minimum absolute atomic E-state index is 0.224. The fourth-order valence-corrected chi connectivity index (χ4v) is 2.17. The van der Waals surface area contributed by atoms with Crippen molar-refractivity contribution in [3.8, 4) is 0 Å². The van der Waals surface area contributed by atoms with E-state index in [1.165, 1.54) is 0 Å². The first kappa shape index (κ1) is 11.1. The molecule has 0 unspecified atom stereocenters. The van der Waals surface area contributed by atoms with Gasteiger partial charge in [0, 0.05) is 30.8 Å². The molecule has 0 atom stereocenters. The van der Waals surface area contributed by atoms with E-state index in [2.05, 4.69) is 0 Å². The van der Waals surface area contributed by atoms with Gasteiger partial charge in [0.1, 0.15) is 12.4 Å². The van der Waals surface area contributed by atoms with Crippen molar-refractivity contribution in [2.45, 2.75) is 19.4 Å². The molecule has 0 saturated carbocycles. The van der Waals surface area contributed by atoms with Crippen LogP contribution in [0.5, 0.6) is 0 Å². The van der Waals surface area contributed by atoms with E-state index < -0.39 is 0 Å². The zero-order valence-corrected chi connectivity index (χ0v) is 9.66. The number of amides is 1. The van der Waals surface area contributed by atoms with Gasteiger partial charge in [0.05, 0.1) is 0 Å². The molecule has 0 N–H and O–H groups in total. The van der Waals surface area contributed by atoms with Crippen molar-refractivity contribution in [2.75, 3.05) is 13.1 Å². The van der Waals surface area contributed by atoms with Gasteiger partial charge in [-0.15, -0.1) is 11.3 Å². The van der Waals surface area contributed by atoms with Crippen molar-refractivity contribution in [1.29, 1.82) is 0 Å². The summed E-state index contributed by atoms with van der Waals surface area (Å²) in [7, 11) is 0. The smallest absolute Gasteiger partial charge is 0.410 e. The molecule has 2 rings (SSSR count). The summed E-state index contributed by atoms with van der Waals surface area (Å²) in [4.78, 5) is 25.2. The Morgan fingerprint density at radius 2 is 2.19 bits per heavy atom. The van der Waals surface area contributed by atoms with Crippen LogP contribution in [-0.2, 0) is 16.1 Å². The number of piperidine rings is 1. The van der Waals surface area contributed by atoms with E-state index >= 15 is 0 Å². The molecule has 0 bridgehead atoms. The molecule has 0 spiro atoms. The van der Waals surface area contributed by atoms with Gasteiger partial charge in [0.2, 0.25) is 0 Å². The lowest BCUT2D eigenvalue weighted by molar-refractivity contribution is -0.121. The van der Waals surface area contributed by atoms with E-state index in [4.69, 9.17) is 4.74 Å². The van der Waals surface area contributed by atoms with Crippen molar-refractivity contribution >= 4 is 23.2 Å². The fourth-order valence-electron chi connectivity index (χ4n) is 1.56. The van der Waals surface area contributed by atoms with E-state index in [0.29, 0.717) is 32.5 Å². The van der Waals surface area contributed by atoms with Gasteiger partial charge in [-0.3, -0.25) is 4.79 Å². The predicted molar refractivity (Wildman–Crippen MR) is 60.3 cm³/mol. The van der Waals surface area contributed by atoms with Gasteiger partial charge in [-0.2, -0.15) is 0 Å². The number of likely N-dealkylation sites (tertiary alicyclic amines) is 1. The van der Waals surface area contributed by atoms with Gasteiger partial charge in [0.15, 0.2) is 0 Å². The molecule has 1 amide bonds. The summed E-state index contributed by atoms with van der Waals surface area (Å²) < 4.78 is 5.15. The molecule has 0 aromatic carbocycles. The van der Waals surface area contributed by atoms with E-state index in [9.17, 15) is 9.59 Å². The average Bonchev–Trinajstić information content (AvgIpc) is 2.80. The Balaban J connectivity index is 1.77. The molecule has 86 valence electrons. The molecule has 2 heterocycles. The Morgan fingerprint density at radius 1 is 1.44 bits per heavy atom. The Bertz CT molecular complexity index is 365. The number of thiophene rings is 1. The highest BCUT2D eigenvalue weighted by Gasteiger charge is 2.21. The molecule has 1 saturated heterocycles. The quantitative estimate of drug-likeness (QED) is 0.793. The summed E-state index contributed by atoms with van der Waals surface area (Å²) in [6, 6.07) is 3.85. The Morgan fingerprint density at radius 3 is 2.81 bits per heavy atom. The van der Waals surface area contributed by atoms with E-state index in [0.717, 1.165) is 4.88 Å². The number of carbonyl (C=O) groups excluding carboxylic acids is 2. The fraction of sp³-hybridized carbons (Fsp3) is 0.455. The zero-order chi connectivity index (χ0) is 11.4. The largest absolute Gasteiger partial charge is 0.444 e. The summed E-state index contributed by atoms with van der Waals surface area (Å²) in [5.41, 5.74) is 0. The number of nitrogens with zero attached hydrogens (tertiary/aromatic N) is 1. The van der Waals surface area contributed by atoms with Gasteiger partial charge < -0.3 is 9.64 Å². The van der Waals surface area contributed by atoms with Gasteiger partial charge in [-0.05, 0) is 11.4 Å². The van der Waals surface area contributed by atoms with Crippen LogP contribution >= 0.6 is 11.3 Å². The molecule has 0 radical (unpaired) electrons. The highest BCUT2D eigenvalue weighted by Crippen LogP contribution is 2.12. The zero-order valence-electron chi connectivity index (χ0n) is 8.85. The maximum Gasteiger partial charge on any atom is 0.410 e. The van der Waals surface area contributed by atoms with Crippen LogP contribution in [-0.4, -0.2) is 29.9 Å². The van der Waals surface area contributed by atoms with Crippen LogP contribution in [0.3, 0.4) is 0 Å². The van der Waals surface area contributed by atoms with Crippen molar-refractivity contribution in [1.82, 2.24) is 4.90 Å². The molecule has 0 aliphatic carbocycles. The molecular formula is C11H13NO3S. The first-order valence-electron chi connectivity index (χ1n) is 5.21. The van der Waals surface area contributed by atoms with Crippen LogP contribution in [0.15, 0.2) is 17.5 Å². The first-order valence-corrected chi connectivity index (χ1v) is 6.09. The number of ether oxygens (including phenoxy) is 1. The number of carbonyl (C=O) groups is 2. The number of rotatable bonds is 2. The Hall–Kier alpha value is -1.36. The summed E-state index contributed by atoms with van der Waals surface area (Å²) in [5, 5.41) is 1.95.